The molecule has 12 heavy (non-hydrogen) atoms. The first-order chi connectivity index (χ1) is 5.66. The summed E-state index contributed by atoms with van der Waals surface area (Å²) in [4.78, 5) is 0. The molecule has 0 aromatic rings. The van der Waals surface area contributed by atoms with E-state index < -0.39 is 24.3 Å². The number of hydrogen-bond donors (Lipinski definition) is 3. The van der Waals surface area contributed by atoms with Crippen molar-refractivity contribution in [2.45, 2.75) is 31.7 Å². The molecule has 1 saturated heterocycles. The second-order valence-corrected chi connectivity index (χ2v) is 3.30. The van der Waals surface area contributed by atoms with Crippen molar-refractivity contribution in [3.05, 3.63) is 0 Å². The minimum Gasteiger partial charge on any atom is -0.390 e. The second kappa shape index (κ2) is 4.16. The number of alkyl halides is 1. The van der Waals surface area contributed by atoms with Gasteiger partial charge < -0.3 is 15.5 Å². The zero-order chi connectivity index (χ0) is 9.14. The minimum absolute atomic E-state index is 0.355. The molecular weight excluding hydrogens is 161 g/mol. The largest absolute Gasteiger partial charge is 0.390 e. The van der Waals surface area contributed by atoms with E-state index in [0.717, 1.165) is 0 Å². The van der Waals surface area contributed by atoms with E-state index in [1.165, 1.54) is 0 Å². The Morgan fingerprint density at radius 2 is 2.17 bits per heavy atom. The average molecular weight is 177 g/mol. The highest BCUT2D eigenvalue weighted by atomic mass is 19.1. The summed E-state index contributed by atoms with van der Waals surface area (Å²) in [5, 5.41) is 21.5. The van der Waals surface area contributed by atoms with Crippen molar-refractivity contribution in [1.29, 1.82) is 0 Å². The molecule has 1 heterocycles. The van der Waals surface area contributed by atoms with Crippen LogP contribution in [0.25, 0.3) is 0 Å². The second-order valence-electron chi connectivity index (χ2n) is 3.30. The molecule has 4 heteroatoms. The summed E-state index contributed by atoms with van der Waals surface area (Å²) in [6.07, 6.45) is -2.38. The van der Waals surface area contributed by atoms with Crippen LogP contribution < -0.4 is 5.32 Å². The van der Waals surface area contributed by atoms with Gasteiger partial charge >= 0.3 is 0 Å². The fourth-order valence-electron chi connectivity index (χ4n) is 1.57. The number of aliphatic hydroxyl groups excluding tert-OH is 2. The van der Waals surface area contributed by atoms with Crippen LogP contribution in [-0.4, -0.2) is 41.7 Å². The first-order valence-corrected chi connectivity index (χ1v) is 4.37. The Balaban J connectivity index is 2.51. The van der Waals surface area contributed by atoms with Gasteiger partial charge in [0.1, 0.15) is 6.17 Å². The fraction of sp³-hybridized carbons (Fsp3) is 1.00. The normalized spacial score (nSPS) is 39.5. The van der Waals surface area contributed by atoms with Gasteiger partial charge in [0.05, 0.1) is 12.2 Å². The Hall–Kier alpha value is -0.190. The Labute approximate surface area is 71.6 Å². The van der Waals surface area contributed by atoms with E-state index in [0.29, 0.717) is 19.5 Å². The third-order valence-corrected chi connectivity index (χ3v) is 2.42. The molecule has 0 aromatic heterocycles. The molecular formula is C8H16FNO2. The number of aliphatic hydroxyl groups is 2. The molecule has 72 valence electrons. The van der Waals surface area contributed by atoms with Crippen LogP contribution in [0.2, 0.25) is 0 Å². The first kappa shape index (κ1) is 9.89. The smallest absolute Gasteiger partial charge is 0.106 e. The molecule has 1 rings (SSSR count). The van der Waals surface area contributed by atoms with Crippen molar-refractivity contribution in [2.24, 2.45) is 5.92 Å². The van der Waals surface area contributed by atoms with Gasteiger partial charge in [0, 0.05) is 19.0 Å². The van der Waals surface area contributed by atoms with Gasteiger partial charge in [-0.15, -0.1) is 0 Å². The van der Waals surface area contributed by atoms with Crippen LogP contribution in [0.5, 0.6) is 0 Å². The maximum absolute atomic E-state index is 13.1. The molecule has 3 N–H and O–H groups in total. The highest BCUT2D eigenvalue weighted by molar-refractivity contribution is 4.87. The summed E-state index contributed by atoms with van der Waals surface area (Å²) in [7, 11) is 0. The molecule has 3 nitrogen and oxygen atoms in total. The number of nitrogens with one attached hydrogen (secondary N) is 1. The van der Waals surface area contributed by atoms with E-state index in [9.17, 15) is 14.6 Å². The topological polar surface area (TPSA) is 52.5 Å². The summed E-state index contributed by atoms with van der Waals surface area (Å²) in [6.45, 7) is 2.54. The van der Waals surface area contributed by atoms with Crippen LogP contribution in [0.1, 0.15) is 13.3 Å². The van der Waals surface area contributed by atoms with Crippen LogP contribution >= 0.6 is 0 Å². The molecule has 0 aliphatic carbocycles. The standard InChI is InChI=1S/C8H16FNO2/c1-2-6(9)5-3-10-4-7(11)8(5)12/h5-8,10-12H,2-4H2,1H3/t5-,6?,7-,8-/m1/s1. The molecule has 0 bridgehead atoms. The van der Waals surface area contributed by atoms with Gasteiger partial charge in [0.2, 0.25) is 0 Å². The molecule has 1 aliphatic rings. The van der Waals surface area contributed by atoms with Crippen molar-refractivity contribution in [2.75, 3.05) is 13.1 Å². The van der Waals surface area contributed by atoms with Crippen LogP contribution in [-0.2, 0) is 0 Å². The number of piperidine rings is 1. The lowest BCUT2D eigenvalue weighted by Gasteiger charge is -2.34. The van der Waals surface area contributed by atoms with Crippen molar-refractivity contribution in [1.82, 2.24) is 5.32 Å². The third-order valence-electron chi connectivity index (χ3n) is 2.42. The Morgan fingerprint density at radius 1 is 1.50 bits per heavy atom. The van der Waals surface area contributed by atoms with Crippen molar-refractivity contribution in [3.8, 4) is 0 Å². The van der Waals surface area contributed by atoms with Crippen LogP contribution in [0.4, 0.5) is 4.39 Å². The third kappa shape index (κ3) is 1.94. The molecule has 0 saturated carbocycles. The monoisotopic (exact) mass is 177 g/mol. The molecule has 0 radical (unpaired) electrons. The number of β-amino-alcohol motifs (C(OH)–C–C–N with tert-alkyl or cyclic N) is 1. The van der Waals surface area contributed by atoms with Gasteiger partial charge in [-0.1, -0.05) is 6.92 Å². The summed E-state index contributed by atoms with van der Waals surface area (Å²) >= 11 is 0. The Kier molecular flexibility index (Phi) is 3.43. The number of hydrogen-bond acceptors (Lipinski definition) is 3. The maximum Gasteiger partial charge on any atom is 0.106 e. The van der Waals surface area contributed by atoms with E-state index in [2.05, 4.69) is 5.32 Å². The van der Waals surface area contributed by atoms with Gasteiger partial charge in [-0.3, -0.25) is 0 Å². The van der Waals surface area contributed by atoms with Crippen molar-refractivity contribution >= 4 is 0 Å². The lowest BCUT2D eigenvalue weighted by molar-refractivity contribution is -0.0576. The lowest BCUT2D eigenvalue weighted by Crippen LogP contribution is -2.53. The van der Waals surface area contributed by atoms with E-state index in [1.807, 2.05) is 0 Å². The highest BCUT2D eigenvalue weighted by Gasteiger charge is 2.34. The molecule has 0 amide bonds. The molecule has 0 spiro atoms. The molecule has 1 fully saturated rings. The van der Waals surface area contributed by atoms with Crippen LogP contribution in [0.3, 0.4) is 0 Å². The Bertz CT molecular complexity index is 145. The average Bonchev–Trinajstić information content (AvgIpc) is 2.08. The summed E-state index contributed by atoms with van der Waals surface area (Å²) < 4.78 is 13.1. The zero-order valence-corrected chi connectivity index (χ0v) is 7.20. The van der Waals surface area contributed by atoms with E-state index in [-0.39, 0.29) is 0 Å². The minimum atomic E-state index is -1.03. The first-order valence-electron chi connectivity index (χ1n) is 4.37. The highest BCUT2D eigenvalue weighted by Crippen LogP contribution is 2.20. The quantitative estimate of drug-likeness (QED) is 0.541. The molecule has 1 aliphatic heterocycles. The van der Waals surface area contributed by atoms with Crippen molar-refractivity contribution < 1.29 is 14.6 Å². The summed E-state index contributed by atoms with van der Waals surface area (Å²) in [5.74, 6) is -0.459. The maximum atomic E-state index is 13.1. The van der Waals surface area contributed by atoms with Crippen LogP contribution in [0, 0.1) is 5.92 Å². The van der Waals surface area contributed by atoms with E-state index in [4.69, 9.17) is 0 Å². The van der Waals surface area contributed by atoms with Gasteiger partial charge in [0.15, 0.2) is 0 Å². The predicted molar refractivity (Wildman–Crippen MR) is 43.6 cm³/mol. The fourth-order valence-corrected chi connectivity index (χ4v) is 1.57. The summed E-state index contributed by atoms with van der Waals surface area (Å²) in [5.41, 5.74) is 0. The number of halogens is 1. The van der Waals surface area contributed by atoms with Gasteiger partial charge in [-0.2, -0.15) is 0 Å². The summed E-state index contributed by atoms with van der Waals surface area (Å²) in [6, 6.07) is 0. The lowest BCUT2D eigenvalue weighted by atomic mass is 9.89. The molecule has 0 aromatic carbocycles. The van der Waals surface area contributed by atoms with E-state index in [1.54, 1.807) is 6.92 Å². The SMILES string of the molecule is CCC(F)[C@H]1CNC[C@@H](O)[C@@H]1O. The predicted octanol–water partition coefficient (Wildman–Crippen LogP) is -0.324. The van der Waals surface area contributed by atoms with Gasteiger partial charge in [-0.05, 0) is 6.42 Å². The van der Waals surface area contributed by atoms with Gasteiger partial charge in [-0.25, -0.2) is 4.39 Å². The molecule has 4 atom stereocenters. The zero-order valence-electron chi connectivity index (χ0n) is 7.20. The number of rotatable bonds is 2. The van der Waals surface area contributed by atoms with Crippen LogP contribution in [0.15, 0.2) is 0 Å². The van der Waals surface area contributed by atoms with Gasteiger partial charge in [0.25, 0.3) is 0 Å². The Morgan fingerprint density at radius 3 is 2.75 bits per heavy atom. The van der Waals surface area contributed by atoms with E-state index >= 15 is 0 Å². The van der Waals surface area contributed by atoms with Crippen molar-refractivity contribution in [3.63, 3.8) is 0 Å². The molecule has 1 unspecified atom stereocenters.